The summed E-state index contributed by atoms with van der Waals surface area (Å²) in [7, 11) is 0. The predicted molar refractivity (Wildman–Crippen MR) is 85.0 cm³/mol. The summed E-state index contributed by atoms with van der Waals surface area (Å²) in [5, 5.41) is 3.90. The van der Waals surface area contributed by atoms with Crippen LogP contribution in [0.15, 0.2) is 0 Å². The maximum Gasteiger partial charge on any atom is 0.0594 e. The van der Waals surface area contributed by atoms with Crippen LogP contribution in [0.3, 0.4) is 0 Å². The lowest BCUT2D eigenvalue weighted by molar-refractivity contribution is 0.0186. The number of hydrogen-bond donors (Lipinski definition) is 1. The van der Waals surface area contributed by atoms with Gasteiger partial charge in [-0.15, -0.1) is 0 Å². The highest BCUT2D eigenvalue weighted by Crippen LogP contribution is 2.33. The average molecular weight is 282 g/mol. The van der Waals surface area contributed by atoms with E-state index in [0.29, 0.717) is 6.04 Å². The van der Waals surface area contributed by atoms with Crippen LogP contribution in [0.25, 0.3) is 0 Å². The molecule has 20 heavy (non-hydrogen) atoms. The summed E-state index contributed by atoms with van der Waals surface area (Å²) >= 11 is 0. The highest BCUT2D eigenvalue weighted by molar-refractivity contribution is 4.86. The summed E-state index contributed by atoms with van der Waals surface area (Å²) in [6, 6.07) is 1.35. The van der Waals surface area contributed by atoms with Crippen molar-refractivity contribution in [3.8, 4) is 0 Å². The average Bonchev–Trinajstić information content (AvgIpc) is 2.45. The van der Waals surface area contributed by atoms with Crippen molar-refractivity contribution >= 4 is 0 Å². The first-order chi connectivity index (χ1) is 9.58. The second-order valence-corrected chi connectivity index (χ2v) is 7.34. The predicted octanol–water partition coefficient (Wildman–Crippen LogP) is 2.76. The van der Waals surface area contributed by atoms with Gasteiger partial charge in [0, 0.05) is 31.7 Å². The Balaban J connectivity index is 1.80. The van der Waals surface area contributed by atoms with Crippen LogP contribution in [-0.4, -0.2) is 49.8 Å². The van der Waals surface area contributed by atoms with Gasteiger partial charge in [-0.3, -0.25) is 4.90 Å². The van der Waals surface area contributed by atoms with Gasteiger partial charge in [0.15, 0.2) is 0 Å². The fourth-order valence-electron chi connectivity index (χ4n) is 3.91. The number of ether oxygens (including phenoxy) is 1. The zero-order chi connectivity index (χ0) is 14.5. The molecule has 1 aliphatic heterocycles. The molecule has 0 bridgehead atoms. The summed E-state index contributed by atoms with van der Waals surface area (Å²) in [5.74, 6) is 2.56. The van der Waals surface area contributed by atoms with Crippen molar-refractivity contribution in [3.05, 3.63) is 0 Å². The molecule has 1 saturated heterocycles. The van der Waals surface area contributed by atoms with Gasteiger partial charge < -0.3 is 10.1 Å². The Hall–Kier alpha value is -0.120. The molecular formula is C17H34N2O. The Bertz CT molecular complexity index is 276. The molecule has 1 saturated carbocycles. The van der Waals surface area contributed by atoms with Crippen LogP contribution >= 0.6 is 0 Å². The topological polar surface area (TPSA) is 24.5 Å². The van der Waals surface area contributed by atoms with Crippen molar-refractivity contribution < 1.29 is 4.74 Å². The van der Waals surface area contributed by atoms with Crippen molar-refractivity contribution in [2.75, 3.05) is 32.8 Å². The molecule has 1 N–H and O–H groups in total. The molecule has 2 fully saturated rings. The van der Waals surface area contributed by atoms with Crippen LogP contribution in [0.1, 0.15) is 47.0 Å². The first-order valence-electron chi connectivity index (χ1n) is 8.63. The third-order valence-corrected chi connectivity index (χ3v) is 5.37. The molecule has 2 rings (SSSR count). The van der Waals surface area contributed by atoms with Crippen molar-refractivity contribution in [1.82, 2.24) is 10.2 Å². The zero-order valence-corrected chi connectivity index (χ0v) is 13.9. The molecular weight excluding hydrogens is 248 g/mol. The molecule has 4 atom stereocenters. The summed E-state index contributed by atoms with van der Waals surface area (Å²) in [5.41, 5.74) is 0. The Kier molecular flexibility index (Phi) is 6.31. The minimum Gasteiger partial charge on any atom is -0.379 e. The Morgan fingerprint density at radius 2 is 1.85 bits per heavy atom. The minimum atomic E-state index is 0.629. The lowest BCUT2D eigenvalue weighted by atomic mass is 9.74. The van der Waals surface area contributed by atoms with E-state index in [1.165, 1.54) is 19.3 Å². The van der Waals surface area contributed by atoms with Gasteiger partial charge in [0.2, 0.25) is 0 Å². The summed E-state index contributed by atoms with van der Waals surface area (Å²) in [4.78, 5) is 2.56. The van der Waals surface area contributed by atoms with Crippen molar-refractivity contribution in [3.63, 3.8) is 0 Å². The zero-order valence-electron chi connectivity index (χ0n) is 13.9. The molecule has 1 aliphatic carbocycles. The Morgan fingerprint density at radius 1 is 1.15 bits per heavy atom. The lowest BCUT2D eigenvalue weighted by Gasteiger charge is -2.40. The highest BCUT2D eigenvalue weighted by Gasteiger charge is 2.30. The molecule has 0 radical (unpaired) electrons. The van der Waals surface area contributed by atoms with Gasteiger partial charge in [-0.05, 0) is 37.5 Å². The highest BCUT2D eigenvalue weighted by atomic mass is 16.5. The third kappa shape index (κ3) is 4.44. The monoisotopic (exact) mass is 282 g/mol. The Morgan fingerprint density at radius 3 is 2.50 bits per heavy atom. The SMILES string of the molecule is CC1CCC(C(C)C)C(NCC(C)N2CCOCC2)C1. The molecule has 2 aliphatic rings. The molecule has 118 valence electrons. The molecule has 3 heteroatoms. The molecule has 4 unspecified atom stereocenters. The van der Waals surface area contributed by atoms with E-state index in [0.717, 1.165) is 56.6 Å². The van der Waals surface area contributed by atoms with E-state index in [1.54, 1.807) is 0 Å². The Labute approximate surface area is 125 Å². The van der Waals surface area contributed by atoms with E-state index in [2.05, 4.69) is 37.9 Å². The van der Waals surface area contributed by atoms with Crippen LogP contribution < -0.4 is 5.32 Å². The van der Waals surface area contributed by atoms with Gasteiger partial charge in [-0.1, -0.05) is 27.2 Å². The largest absolute Gasteiger partial charge is 0.379 e. The first kappa shape index (κ1) is 16.3. The van der Waals surface area contributed by atoms with E-state index in [1.807, 2.05) is 0 Å². The number of morpholine rings is 1. The van der Waals surface area contributed by atoms with Crippen LogP contribution in [0.4, 0.5) is 0 Å². The summed E-state index contributed by atoms with van der Waals surface area (Å²) in [6.07, 6.45) is 4.18. The number of nitrogens with one attached hydrogen (secondary N) is 1. The van der Waals surface area contributed by atoms with Crippen LogP contribution in [0.5, 0.6) is 0 Å². The summed E-state index contributed by atoms with van der Waals surface area (Å²) < 4.78 is 5.44. The van der Waals surface area contributed by atoms with Crippen molar-refractivity contribution in [2.24, 2.45) is 17.8 Å². The van der Waals surface area contributed by atoms with E-state index in [9.17, 15) is 0 Å². The fourth-order valence-corrected chi connectivity index (χ4v) is 3.91. The van der Waals surface area contributed by atoms with Crippen molar-refractivity contribution in [2.45, 2.75) is 59.0 Å². The van der Waals surface area contributed by atoms with E-state index in [-0.39, 0.29) is 0 Å². The maximum absolute atomic E-state index is 5.44. The normalized spacial score (nSPS) is 34.4. The fraction of sp³-hybridized carbons (Fsp3) is 1.00. The van der Waals surface area contributed by atoms with E-state index < -0.39 is 0 Å². The van der Waals surface area contributed by atoms with Gasteiger partial charge >= 0.3 is 0 Å². The standard InChI is InChI=1S/C17H34N2O/c1-13(2)16-6-5-14(3)11-17(16)18-12-15(4)19-7-9-20-10-8-19/h13-18H,5-12H2,1-4H3. The molecule has 1 heterocycles. The number of rotatable bonds is 5. The van der Waals surface area contributed by atoms with E-state index in [4.69, 9.17) is 4.74 Å². The van der Waals surface area contributed by atoms with Gasteiger partial charge in [-0.2, -0.15) is 0 Å². The molecule has 0 amide bonds. The molecule has 0 aromatic rings. The van der Waals surface area contributed by atoms with E-state index >= 15 is 0 Å². The molecule has 0 aromatic heterocycles. The minimum absolute atomic E-state index is 0.629. The quantitative estimate of drug-likeness (QED) is 0.839. The van der Waals surface area contributed by atoms with Crippen LogP contribution in [0, 0.1) is 17.8 Å². The van der Waals surface area contributed by atoms with Gasteiger partial charge in [0.25, 0.3) is 0 Å². The smallest absolute Gasteiger partial charge is 0.0594 e. The summed E-state index contributed by atoms with van der Waals surface area (Å²) in [6.45, 7) is 14.7. The van der Waals surface area contributed by atoms with Gasteiger partial charge in [0.1, 0.15) is 0 Å². The second-order valence-electron chi connectivity index (χ2n) is 7.34. The number of hydrogen-bond acceptors (Lipinski definition) is 3. The number of nitrogens with zero attached hydrogens (tertiary/aromatic N) is 1. The van der Waals surface area contributed by atoms with Crippen LogP contribution in [0.2, 0.25) is 0 Å². The molecule has 0 aromatic carbocycles. The third-order valence-electron chi connectivity index (χ3n) is 5.37. The molecule has 3 nitrogen and oxygen atoms in total. The van der Waals surface area contributed by atoms with Gasteiger partial charge in [-0.25, -0.2) is 0 Å². The molecule has 0 spiro atoms. The second kappa shape index (κ2) is 7.77. The maximum atomic E-state index is 5.44. The lowest BCUT2D eigenvalue weighted by Crippen LogP contribution is -2.50. The van der Waals surface area contributed by atoms with Crippen LogP contribution in [-0.2, 0) is 4.74 Å². The van der Waals surface area contributed by atoms with Gasteiger partial charge in [0.05, 0.1) is 13.2 Å². The first-order valence-corrected chi connectivity index (χ1v) is 8.63. The van der Waals surface area contributed by atoms with Crippen molar-refractivity contribution in [1.29, 1.82) is 0 Å².